The Hall–Kier alpha value is -1.67. The molecule has 1 aliphatic rings. The van der Waals surface area contributed by atoms with E-state index in [9.17, 15) is 4.39 Å². The van der Waals surface area contributed by atoms with Crippen LogP contribution in [0.15, 0.2) is 48.5 Å². The van der Waals surface area contributed by atoms with Crippen molar-refractivity contribution in [3.05, 3.63) is 71.0 Å². The van der Waals surface area contributed by atoms with Gasteiger partial charge in [-0.25, -0.2) is 4.39 Å². The van der Waals surface area contributed by atoms with Crippen LogP contribution in [0, 0.1) is 12.7 Å². The van der Waals surface area contributed by atoms with Gasteiger partial charge in [0.1, 0.15) is 5.82 Å². The third kappa shape index (κ3) is 3.92. The van der Waals surface area contributed by atoms with Gasteiger partial charge in [-0.05, 0) is 56.0 Å². The minimum absolute atomic E-state index is 0.151. The highest BCUT2D eigenvalue weighted by atomic mass is 19.1. The molecule has 21 heavy (non-hydrogen) atoms. The van der Waals surface area contributed by atoms with E-state index >= 15 is 0 Å². The highest BCUT2D eigenvalue weighted by Gasteiger charge is 2.37. The number of benzene rings is 2. The molecule has 2 atom stereocenters. The average molecular weight is 283 g/mol. The van der Waals surface area contributed by atoms with Crippen LogP contribution >= 0.6 is 0 Å². The van der Waals surface area contributed by atoms with E-state index in [-0.39, 0.29) is 5.82 Å². The minimum Gasteiger partial charge on any atom is -0.313 e. The first-order valence-corrected chi connectivity index (χ1v) is 7.77. The van der Waals surface area contributed by atoms with Crippen molar-refractivity contribution < 1.29 is 4.39 Å². The maximum absolute atomic E-state index is 12.9. The van der Waals surface area contributed by atoms with Gasteiger partial charge in [0.05, 0.1) is 0 Å². The fourth-order valence-electron chi connectivity index (χ4n) is 2.83. The lowest BCUT2D eigenvalue weighted by molar-refractivity contribution is 0.624. The lowest BCUT2D eigenvalue weighted by Gasteiger charge is -2.05. The van der Waals surface area contributed by atoms with Crippen LogP contribution in [0.25, 0.3) is 0 Å². The SMILES string of the molecule is Cc1ccc(CCCNC2CC2c2ccc(F)cc2)cc1. The van der Waals surface area contributed by atoms with E-state index in [1.54, 1.807) is 12.1 Å². The Balaban J connectivity index is 1.37. The molecule has 0 bridgehead atoms. The average Bonchev–Trinajstić information content (AvgIpc) is 3.26. The molecule has 0 radical (unpaired) electrons. The molecule has 1 nitrogen and oxygen atoms in total. The zero-order chi connectivity index (χ0) is 14.7. The second kappa shape index (κ2) is 6.40. The maximum Gasteiger partial charge on any atom is 0.123 e. The van der Waals surface area contributed by atoms with Crippen LogP contribution in [0.5, 0.6) is 0 Å². The quantitative estimate of drug-likeness (QED) is 0.783. The van der Waals surface area contributed by atoms with Crippen molar-refractivity contribution >= 4 is 0 Å². The van der Waals surface area contributed by atoms with E-state index in [1.807, 2.05) is 12.1 Å². The molecule has 110 valence electrons. The molecule has 0 heterocycles. The molecule has 0 spiro atoms. The van der Waals surface area contributed by atoms with E-state index in [2.05, 4.69) is 36.5 Å². The van der Waals surface area contributed by atoms with Crippen LogP contribution in [-0.2, 0) is 6.42 Å². The first-order valence-electron chi connectivity index (χ1n) is 7.77. The lowest BCUT2D eigenvalue weighted by atomic mass is 10.1. The van der Waals surface area contributed by atoms with Crippen molar-refractivity contribution in [2.24, 2.45) is 0 Å². The zero-order valence-corrected chi connectivity index (χ0v) is 12.5. The molecule has 2 unspecified atom stereocenters. The molecule has 0 aliphatic heterocycles. The molecule has 3 rings (SSSR count). The third-order valence-electron chi connectivity index (χ3n) is 4.26. The van der Waals surface area contributed by atoms with Gasteiger partial charge in [-0.3, -0.25) is 0 Å². The number of hydrogen-bond donors (Lipinski definition) is 1. The largest absolute Gasteiger partial charge is 0.313 e. The summed E-state index contributed by atoms with van der Waals surface area (Å²) in [6.07, 6.45) is 3.47. The van der Waals surface area contributed by atoms with Crippen LogP contribution < -0.4 is 5.32 Å². The molecule has 0 amide bonds. The monoisotopic (exact) mass is 283 g/mol. The normalized spacial score (nSPS) is 20.5. The molecule has 2 heteroatoms. The maximum atomic E-state index is 12.9. The van der Waals surface area contributed by atoms with E-state index in [0.29, 0.717) is 12.0 Å². The summed E-state index contributed by atoms with van der Waals surface area (Å²) in [5.74, 6) is 0.423. The van der Waals surface area contributed by atoms with Crippen molar-refractivity contribution in [2.45, 2.75) is 38.1 Å². The molecule has 2 aromatic carbocycles. The van der Waals surface area contributed by atoms with Crippen LogP contribution in [-0.4, -0.2) is 12.6 Å². The number of halogens is 1. The first-order chi connectivity index (χ1) is 10.2. The second-order valence-corrected chi connectivity index (χ2v) is 6.04. The van der Waals surface area contributed by atoms with Crippen molar-refractivity contribution in [1.82, 2.24) is 5.32 Å². The fraction of sp³-hybridized carbons (Fsp3) is 0.368. The molecule has 0 saturated heterocycles. The number of rotatable bonds is 6. The smallest absolute Gasteiger partial charge is 0.123 e. The fourth-order valence-corrected chi connectivity index (χ4v) is 2.83. The van der Waals surface area contributed by atoms with E-state index < -0.39 is 0 Å². The molecular formula is C19H22FN. The molecule has 0 aromatic heterocycles. The van der Waals surface area contributed by atoms with E-state index in [0.717, 1.165) is 19.4 Å². The van der Waals surface area contributed by atoms with Crippen molar-refractivity contribution in [3.63, 3.8) is 0 Å². The van der Waals surface area contributed by atoms with Crippen molar-refractivity contribution in [1.29, 1.82) is 0 Å². The Morgan fingerprint density at radius 1 is 1.05 bits per heavy atom. The number of nitrogens with one attached hydrogen (secondary N) is 1. The Morgan fingerprint density at radius 3 is 2.48 bits per heavy atom. The minimum atomic E-state index is -0.151. The summed E-state index contributed by atoms with van der Waals surface area (Å²) >= 11 is 0. The van der Waals surface area contributed by atoms with Crippen LogP contribution in [0.4, 0.5) is 4.39 Å². The second-order valence-electron chi connectivity index (χ2n) is 6.04. The summed E-state index contributed by atoms with van der Waals surface area (Å²) in [5.41, 5.74) is 3.98. The Labute approximate surface area is 126 Å². The summed E-state index contributed by atoms with van der Waals surface area (Å²) in [6.45, 7) is 3.17. The van der Waals surface area contributed by atoms with Crippen molar-refractivity contribution in [3.8, 4) is 0 Å². The molecule has 1 fully saturated rings. The summed E-state index contributed by atoms with van der Waals surface area (Å²) in [4.78, 5) is 0. The summed E-state index contributed by atoms with van der Waals surface area (Å²) < 4.78 is 12.9. The summed E-state index contributed by atoms with van der Waals surface area (Å²) in [6, 6.07) is 16.3. The molecule has 1 N–H and O–H groups in total. The molecule has 2 aromatic rings. The van der Waals surface area contributed by atoms with Gasteiger partial charge >= 0.3 is 0 Å². The van der Waals surface area contributed by atoms with Gasteiger partial charge in [-0.2, -0.15) is 0 Å². The van der Waals surface area contributed by atoms with Crippen LogP contribution in [0.3, 0.4) is 0 Å². The number of aryl methyl sites for hydroxylation is 2. The Bertz CT molecular complexity index is 574. The van der Waals surface area contributed by atoms with Crippen LogP contribution in [0.1, 0.15) is 35.4 Å². The predicted molar refractivity (Wildman–Crippen MR) is 85.0 cm³/mol. The topological polar surface area (TPSA) is 12.0 Å². The highest BCUT2D eigenvalue weighted by molar-refractivity contribution is 5.28. The summed E-state index contributed by atoms with van der Waals surface area (Å²) in [7, 11) is 0. The van der Waals surface area contributed by atoms with Gasteiger partial charge in [0.2, 0.25) is 0 Å². The predicted octanol–water partition coefficient (Wildman–Crippen LogP) is 4.21. The van der Waals surface area contributed by atoms with Gasteiger partial charge < -0.3 is 5.32 Å². The summed E-state index contributed by atoms with van der Waals surface area (Å²) in [5, 5.41) is 3.61. The molecule has 1 aliphatic carbocycles. The highest BCUT2D eigenvalue weighted by Crippen LogP contribution is 2.40. The van der Waals surface area contributed by atoms with Gasteiger partial charge in [-0.15, -0.1) is 0 Å². The zero-order valence-electron chi connectivity index (χ0n) is 12.5. The van der Waals surface area contributed by atoms with Crippen LogP contribution in [0.2, 0.25) is 0 Å². The molecule has 1 saturated carbocycles. The third-order valence-corrected chi connectivity index (χ3v) is 4.26. The van der Waals surface area contributed by atoms with Crippen molar-refractivity contribution in [2.75, 3.05) is 6.54 Å². The van der Waals surface area contributed by atoms with Gasteiger partial charge in [0.25, 0.3) is 0 Å². The number of hydrogen-bond acceptors (Lipinski definition) is 1. The lowest BCUT2D eigenvalue weighted by Crippen LogP contribution is -2.19. The van der Waals surface area contributed by atoms with E-state index in [1.165, 1.54) is 23.1 Å². The van der Waals surface area contributed by atoms with Gasteiger partial charge in [-0.1, -0.05) is 42.0 Å². The van der Waals surface area contributed by atoms with E-state index in [4.69, 9.17) is 0 Å². The first kappa shape index (κ1) is 14.3. The molecular weight excluding hydrogens is 261 g/mol. The Morgan fingerprint density at radius 2 is 1.76 bits per heavy atom. The Kier molecular flexibility index (Phi) is 4.35. The standard InChI is InChI=1S/C19H22FN/c1-14-4-6-15(7-5-14)3-2-12-21-19-13-18(19)16-8-10-17(20)11-9-16/h4-11,18-19,21H,2-3,12-13H2,1H3. The van der Waals surface area contributed by atoms with Gasteiger partial charge in [0, 0.05) is 12.0 Å². The van der Waals surface area contributed by atoms with Gasteiger partial charge in [0.15, 0.2) is 0 Å².